The zero-order valence-electron chi connectivity index (χ0n) is 15.2. The Morgan fingerprint density at radius 2 is 1.78 bits per heavy atom. The summed E-state index contributed by atoms with van der Waals surface area (Å²) in [6.45, 7) is 0.851. The topological polar surface area (TPSA) is 107 Å². The maximum Gasteiger partial charge on any atom is 0.334 e. The second-order valence-corrected chi connectivity index (χ2v) is 7.37. The summed E-state index contributed by atoms with van der Waals surface area (Å²) in [4.78, 5) is 38.3. The molecule has 0 spiro atoms. The summed E-state index contributed by atoms with van der Waals surface area (Å²) in [5.74, 6) is -2.49. The molecule has 0 radical (unpaired) electrons. The third-order valence-electron chi connectivity index (χ3n) is 5.68. The van der Waals surface area contributed by atoms with Crippen molar-refractivity contribution in [1.29, 1.82) is 0 Å². The minimum absolute atomic E-state index is 0.135. The van der Waals surface area contributed by atoms with Gasteiger partial charge in [-0.2, -0.15) is 0 Å². The average Bonchev–Trinajstić information content (AvgIpc) is 3.35. The summed E-state index contributed by atoms with van der Waals surface area (Å²) < 4.78 is 0. The third kappa shape index (κ3) is 4.30. The Labute approximate surface area is 158 Å². The van der Waals surface area contributed by atoms with E-state index in [4.69, 9.17) is 5.11 Å². The van der Waals surface area contributed by atoms with Gasteiger partial charge in [-0.25, -0.2) is 4.79 Å². The molecule has 1 heterocycles. The molecule has 7 heteroatoms. The van der Waals surface area contributed by atoms with E-state index in [0.29, 0.717) is 38.8 Å². The average molecular weight is 374 g/mol. The van der Waals surface area contributed by atoms with Crippen LogP contribution in [0, 0.1) is 11.8 Å². The van der Waals surface area contributed by atoms with E-state index in [1.807, 2.05) is 30.3 Å². The van der Waals surface area contributed by atoms with Crippen molar-refractivity contribution in [1.82, 2.24) is 10.2 Å². The van der Waals surface area contributed by atoms with Crippen molar-refractivity contribution in [2.24, 2.45) is 11.8 Å². The molecule has 0 bridgehead atoms. The highest BCUT2D eigenvalue weighted by atomic mass is 16.4. The van der Waals surface area contributed by atoms with Crippen molar-refractivity contribution in [3.8, 4) is 0 Å². The molecule has 146 valence electrons. The number of likely N-dealkylation sites (tertiary alicyclic amines) is 1. The normalized spacial score (nSPS) is 26.0. The van der Waals surface area contributed by atoms with Crippen LogP contribution < -0.4 is 5.32 Å². The van der Waals surface area contributed by atoms with Crippen LogP contribution in [0.15, 0.2) is 30.3 Å². The van der Waals surface area contributed by atoms with E-state index < -0.39 is 30.0 Å². The molecule has 7 nitrogen and oxygen atoms in total. The van der Waals surface area contributed by atoms with E-state index >= 15 is 0 Å². The first-order valence-corrected chi connectivity index (χ1v) is 9.52. The molecule has 2 amide bonds. The van der Waals surface area contributed by atoms with Crippen LogP contribution >= 0.6 is 0 Å². The van der Waals surface area contributed by atoms with Crippen LogP contribution in [0.3, 0.4) is 0 Å². The highest BCUT2D eigenvalue weighted by Crippen LogP contribution is 2.35. The molecular weight excluding hydrogens is 348 g/mol. The van der Waals surface area contributed by atoms with Gasteiger partial charge in [-0.1, -0.05) is 36.8 Å². The number of aliphatic hydroxyl groups is 1. The van der Waals surface area contributed by atoms with E-state index in [0.717, 1.165) is 12.0 Å². The van der Waals surface area contributed by atoms with Crippen LogP contribution in [0.2, 0.25) is 0 Å². The van der Waals surface area contributed by atoms with Gasteiger partial charge in [0.2, 0.25) is 11.8 Å². The lowest BCUT2D eigenvalue weighted by Gasteiger charge is -2.30. The highest BCUT2D eigenvalue weighted by molar-refractivity contribution is 5.89. The number of nitrogens with one attached hydrogen (secondary N) is 1. The minimum atomic E-state index is -1.58. The summed E-state index contributed by atoms with van der Waals surface area (Å²) >= 11 is 0. The maximum atomic E-state index is 13.0. The Morgan fingerprint density at radius 3 is 2.48 bits per heavy atom. The molecule has 1 aromatic carbocycles. The van der Waals surface area contributed by atoms with E-state index in [9.17, 15) is 19.5 Å². The number of carboxylic acids is 1. The second kappa shape index (κ2) is 8.52. The molecule has 1 saturated carbocycles. The van der Waals surface area contributed by atoms with Crippen molar-refractivity contribution in [3.05, 3.63) is 35.9 Å². The lowest BCUT2D eigenvalue weighted by molar-refractivity contribution is -0.153. The fraction of sp³-hybridized carbons (Fsp3) is 0.550. The standard InChI is InChI=1S/C20H26N2O5/c23-17(20(26)27)16-10-5-11-22(16)19(25)15-9-4-8-14(15)18(24)21-12-13-6-2-1-3-7-13/h1-3,6-7,14-17,23H,4-5,8-12H2,(H,21,24)(H,26,27)/t14-,15?,16?,17?/m0/s1. The van der Waals surface area contributed by atoms with E-state index in [2.05, 4.69) is 5.32 Å². The van der Waals surface area contributed by atoms with Gasteiger partial charge < -0.3 is 20.4 Å². The number of aliphatic hydroxyl groups excluding tert-OH is 1. The molecule has 2 aliphatic rings. The summed E-state index contributed by atoms with van der Waals surface area (Å²) in [6.07, 6.45) is 1.61. The molecule has 0 aromatic heterocycles. The van der Waals surface area contributed by atoms with Crippen LogP contribution in [0.5, 0.6) is 0 Å². The summed E-state index contributed by atoms with van der Waals surface area (Å²) in [6, 6.07) is 8.88. The maximum absolute atomic E-state index is 13.0. The Kier molecular flexibility index (Phi) is 6.11. The summed E-state index contributed by atoms with van der Waals surface area (Å²) in [5.41, 5.74) is 0.996. The molecular formula is C20H26N2O5. The van der Waals surface area contributed by atoms with Gasteiger partial charge in [0.1, 0.15) is 0 Å². The van der Waals surface area contributed by atoms with Gasteiger partial charge >= 0.3 is 5.97 Å². The van der Waals surface area contributed by atoms with Crippen LogP contribution in [-0.2, 0) is 20.9 Å². The van der Waals surface area contributed by atoms with E-state index in [-0.39, 0.29) is 11.8 Å². The smallest absolute Gasteiger partial charge is 0.334 e. The Hall–Kier alpha value is -2.41. The summed E-state index contributed by atoms with van der Waals surface area (Å²) in [7, 11) is 0. The third-order valence-corrected chi connectivity index (χ3v) is 5.68. The molecule has 1 aliphatic heterocycles. The first kappa shape index (κ1) is 19.4. The van der Waals surface area contributed by atoms with Crippen LogP contribution in [0.1, 0.15) is 37.7 Å². The molecule has 1 saturated heterocycles. The molecule has 3 rings (SSSR count). The van der Waals surface area contributed by atoms with Crippen molar-refractivity contribution >= 4 is 17.8 Å². The van der Waals surface area contributed by atoms with Gasteiger partial charge in [-0.15, -0.1) is 0 Å². The van der Waals surface area contributed by atoms with Crippen molar-refractivity contribution < 1.29 is 24.6 Å². The Bertz CT molecular complexity index is 693. The number of nitrogens with zero attached hydrogens (tertiary/aromatic N) is 1. The van der Waals surface area contributed by atoms with Crippen molar-refractivity contribution in [2.45, 2.75) is 50.8 Å². The predicted molar refractivity (Wildman–Crippen MR) is 97.5 cm³/mol. The summed E-state index contributed by atoms with van der Waals surface area (Å²) in [5, 5.41) is 21.9. The van der Waals surface area contributed by atoms with Gasteiger partial charge in [0.25, 0.3) is 0 Å². The molecule has 1 aliphatic carbocycles. The lowest BCUT2D eigenvalue weighted by atomic mass is 9.93. The zero-order valence-corrected chi connectivity index (χ0v) is 15.2. The number of carbonyl (C=O) groups is 3. The fourth-order valence-electron chi connectivity index (χ4n) is 4.26. The number of carboxylic acid groups (broad SMARTS) is 1. The molecule has 3 unspecified atom stereocenters. The Balaban J connectivity index is 1.63. The molecule has 2 fully saturated rings. The van der Waals surface area contributed by atoms with Gasteiger partial charge in [-0.05, 0) is 31.2 Å². The number of amides is 2. The monoisotopic (exact) mass is 374 g/mol. The Morgan fingerprint density at radius 1 is 1.07 bits per heavy atom. The number of carbonyl (C=O) groups excluding carboxylic acids is 2. The van der Waals surface area contributed by atoms with Crippen LogP contribution in [0.4, 0.5) is 0 Å². The minimum Gasteiger partial charge on any atom is -0.479 e. The van der Waals surface area contributed by atoms with Gasteiger partial charge in [0.15, 0.2) is 6.10 Å². The van der Waals surface area contributed by atoms with E-state index in [1.54, 1.807) is 0 Å². The number of aliphatic carboxylic acids is 1. The largest absolute Gasteiger partial charge is 0.479 e. The van der Waals surface area contributed by atoms with Gasteiger partial charge in [0, 0.05) is 24.9 Å². The first-order valence-electron chi connectivity index (χ1n) is 9.52. The van der Waals surface area contributed by atoms with Gasteiger partial charge in [0.05, 0.1) is 6.04 Å². The predicted octanol–water partition coefficient (Wildman–Crippen LogP) is 1.16. The molecule has 3 N–H and O–H groups in total. The molecule has 1 aromatic rings. The van der Waals surface area contributed by atoms with Crippen LogP contribution in [-0.4, -0.2) is 51.6 Å². The van der Waals surface area contributed by atoms with Crippen LogP contribution in [0.25, 0.3) is 0 Å². The lowest BCUT2D eigenvalue weighted by Crippen LogP contribution is -2.49. The van der Waals surface area contributed by atoms with Crippen molar-refractivity contribution in [3.63, 3.8) is 0 Å². The van der Waals surface area contributed by atoms with Crippen molar-refractivity contribution in [2.75, 3.05) is 6.54 Å². The quantitative estimate of drug-likeness (QED) is 0.693. The highest BCUT2D eigenvalue weighted by Gasteiger charge is 2.44. The number of hydrogen-bond donors (Lipinski definition) is 3. The number of hydrogen-bond acceptors (Lipinski definition) is 4. The van der Waals surface area contributed by atoms with E-state index in [1.165, 1.54) is 4.90 Å². The second-order valence-electron chi connectivity index (χ2n) is 7.37. The number of rotatable bonds is 6. The molecule has 27 heavy (non-hydrogen) atoms. The zero-order chi connectivity index (χ0) is 19.4. The SMILES string of the molecule is O=C(O)C(O)C1CCCN1C(=O)C1CCC[C@@H]1C(=O)NCc1ccccc1. The first-order chi connectivity index (χ1) is 13.0. The fourth-order valence-corrected chi connectivity index (χ4v) is 4.26. The molecule has 4 atom stereocenters. The van der Waals surface area contributed by atoms with Gasteiger partial charge in [-0.3, -0.25) is 9.59 Å². The number of benzene rings is 1.